The molecule has 0 bridgehead atoms. The monoisotopic (exact) mass is 376 g/mol. The third-order valence-electron chi connectivity index (χ3n) is 2.76. The summed E-state index contributed by atoms with van der Waals surface area (Å²) in [6.07, 6.45) is -4.47. The predicted molar refractivity (Wildman–Crippen MR) is 73.9 cm³/mol. The van der Waals surface area contributed by atoms with E-state index in [1.165, 1.54) is 22.7 Å². The van der Waals surface area contributed by atoms with Crippen LogP contribution in [0.4, 0.5) is 13.2 Å². The highest BCUT2D eigenvalue weighted by Crippen LogP contribution is 2.37. The Morgan fingerprint density at radius 2 is 1.86 bits per heavy atom. The molecule has 1 aromatic carbocycles. The number of benzene rings is 1. The number of halogens is 5. The molecular formula is C12H5BrClF3N4. The summed E-state index contributed by atoms with van der Waals surface area (Å²) in [7, 11) is 0. The quantitative estimate of drug-likeness (QED) is 0.637. The minimum atomic E-state index is -4.47. The first kappa shape index (κ1) is 14.3. The largest absolute Gasteiger partial charge is 0.417 e. The summed E-state index contributed by atoms with van der Waals surface area (Å²) in [5.41, 5.74) is -0.155. The zero-order valence-corrected chi connectivity index (χ0v) is 12.4. The number of hydrogen-bond donors (Lipinski definition) is 0. The summed E-state index contributed by atoms with van der Waals surface area (Å²) < 4.78 is 40.1. The maximum absolute atomic E-state index is 12.9. The van der Waals surface area contributed by atoms with Crippen molar-refractivity contribution in [3.05, 3.63) is 45.5 Å². The molecule has 0 aliphatic carbocycles. The first-order chi connectivity index (χ1) is 9.86. The first-order valence-corrected chi connectivity index (χ1v) is 6.78. The van der Waals surface area contributed by atoms with Crippen molar-refractivity contribution in [2.24, 2.45) is 0 Å². The first-order valence-electron chi connectivity index (χ1n) is 5.61. The maximum atomic E-state index is 12.9. The highest BCUT2D eigenvalue weighted by molar-refractivity contribution is 9.10. The zero-order valence-electron chi connectivity index (χ0n) is 10.1. The third-order valence-corrected chi connectivity index (χ3v) is 3.65. The van der Waals surface area contributed by atoms with Gasteiger partial charge in [-0.3, -0.25) is 0 Å². The Morgan fingerprint density at radius 1 is 1.10 bits per heavy atom. The van der Waals surface area contributed by atoms with E-state index in [-0.39, 0.29) is 21.0 Å². The molecule has 0 radical (unpaired) electrons. The number of nitrogens with zero attached hydrogens (tertiary/aromatic N) is 4. The molecule has 0 N–H and O–H groups in total. The second kappa shape index (κ2) is 4.96. The molecule has 0 saturated carbocycles. The van der Waals surface area contributed by atoms with Crippen LogP contribution in [-0.2, 0) is 6.18 Å². The molecule has 108 valence electrons. The molecule has 4 nitrogen and oxygen atoms in total. The maximum Gasteiger partial charge on any atom is 0.417 e. The standard InChI is InChI=1S/C12H5BrClF3N4/c13-8-2-1-6(5-7(8)12(15,16)17)11-19-18-10-4-3-9(14)20-21(10)11/h1-5H. The van der Waals surface area contributed by atoms with Gasteiger partial charge in [-0.1, -0.05) is 27.5 Å². The van der Waals surface area contributed by atoms with Gasteiger partial charge < -0.3 is 0 Å². The number of rotatable bonds is 1. The number of alkyl halides is 3. The van der Waals surface area contributed by atoms with Crippen LogP contribution in [0.2, 0.25) is 5.15 Å². The van der Waals surface area contributed by atoms with Gasteiger partial charge in [0.1, 0.15) is 5.15 Å². The van der Waals surface area contributed by atoms with Crippen molar-refractivity contribution in [1.82, 2.24) is 19.8 Å². The Morgan fingerprint density at radius 3 is 2.57 bits per heavy atom. The fraction of sp³-hybridized carbons (Fsp3) is 0.0833. The van der Waals surface area contributed by atoms with Gasteiger partial charge >= 0.3 is 6.18 Å². The second-order valence-corrected chi connectivity index (χ2v) is 5.38. The lowest BCUT2D eigenvalue weighted by Gasteiger charge is -2.10. The topological polar surface area (TPSA) is 43.1 Å². The third kappa shape index (κ3) is 2.60. The molecule has 9 heteroatoms. The van der Waals surface area contributed by atoms with E-state index in [9.17, 15) is 13.2 Å². The Labute approximate surface area is 129 Å². The summed E-state index contributed by atoms with van der Waals surface area (Å²) in [6, 6.07) is 6.90. The van der Waals surface area contributed by atoms with E-state index in [4.69, 9.17) is 11.6 Å². The van der Waals surface area contributed by atoms with Crippen LogP contribution < -0.4 is 0 Å². The van der Waals surface area contributed by atoms with Gasteiger partial charge in [-0.25, -0.2) is 0 Å². The lowest BCUT2D eigenvalue weighted by Crippen LogP contribution is -2.06. The summed E-state index contributed by atoms with van der Waals surface area (Å²) in [6.45, 7) is 0. The van der Waals surface area contributed by atoms with E-state index < -0.39 is 11.7 Å². The van der Waals surface area contributed by atoms with Gasteiger partial charge in [0, 0.05) is 10.0 Å². The number of fused-ring (bicyclic) bond motifs is 1. The van der Waals surface area contributed by atoms with Crippen LogP contribution in [0.15, 0.2) is 34.8 Å². The van der Waals surface area contributed by atoms with Crippen LogP contribution in [0.5, 0.6) is 0 Å². The van der Waals surface area contributed by atoms with Gasteiger partial charge in [-0.15, -0.1) is 10.2 Å². The average molecular weight is 378 g/mol. The molecule has 0 fully saturated rings. The SMILES string of the molecule is FC(F)(F)c1cc(-c2nnc3ccc(Cl)nn23)ccc1Br. The molecule has 0 saturated heterocycles. The van der Waals surface area contributed by atoms with Crippen molar-refractivity contribution < 1.29 is 13.2 Å². The summed E-state index contributed by atoms with van der Waals surface area (Å²) in [5.74, 6) is 0.186. The lowest BCUT2D eigenvalue weighted by molar-refractivity contribution is -0.138. The minimum Gasteiger partial charge on any atom is -0.191 e. The van der Waals surface area contributed by atoms with E-state index in [2.05, 4.69) is 31.2 Å². The minimum absolute atomic E-state index is 0.0430. The van der Waals surface area contributed by atoms with Crippen LogP contribution in [0.3, 0.4) is 0 Å². The van der Waals surface area contributed by atoms with Gasteiger partial charge in [-0.2, -0.15) is 22.8 Å². The molecule has 3 aromatic rings. The Bertz CT molecular complexity index is 831. The Kier molecular flexibility index (Phi) is 3.37. The van der Waals surface area contributed by atoms with Crippen LogP contribution in [0.1, 0.15) is 5.56 Å². The van der Waals surface area contributed by atoms with Crippen molar-refractivity contribution in [3.8, 4) is 11.4 Å². The molecule has 0 aliphatic heterocycles. The van der Waals surface area contributed by atoms with E-state index in [1.807, 2.05) is 0 Å². The van der Waals surface area contributed by atoms with Crippen molar-refractivity contribution >= 4 is 33.2 Å². The summed E-state index contributed by atoms with van der Waals surface area (Å²) in [5, 5.41) is 11.9. The van der Waals surface area contributed by atoms with Gasteiger partial charge in [0.2, 0.25) is 0 Å². The molecule has 0 spiro atoms. The van der Waals surface area contributed by atoms with E-state index >= 15 is 0 Å². The van der Waals surface area contributed by atoms with E-state index in [1.54, 1.807) is 6.07 Å². The van der Waals surface area contributed by atoms with Gasteiger partial charge in [0.05, 0.1) is 5.56 Å². The second-order valence-electron chi connectivity index (χ2n) is 4.14. The predicted octanol–water partition coefficient (Wildman–Crippen LogP) is 4.23. The highest BCUT2D eigenvalue weighted by Gasteiger charge is 2.33. The molecule has 0 unspecified atom stereocenters. The molecule has 3 rings (SSSR count). The van der Waals surface area contributed by atoms with Crippen molar-refractivity contribution in [1.29, 1.82) is 0 Å². The van der Waals surface area contributed by atoms with E-state index in [0.29, 0.717) is 5.65 Å². The fourth-order valence-corrected chi connectivity index (χ4v) is 2.44. The average Bonchev–Trinajstić information content (AvgIpc) is 2.81. The molecule has 0 atom stereocenters. The molecule has 2 aromatic heterocycles. The molecule has 0 aliphatic rings. The van der Waals surface area contributed by atoms with Gasteiger partial charge in [0.25, 0.3) is 0 Å². The van der Waals surface area contributed by atoms with Crippen LogP contribution in [0, 0.1) is 0 Å². The molecule has 21 heavy (non-hydrogen) atoms. The normalized spacial score (nSPS) is 12.0. The zero-order chi connectivity index (χ0) is 15.2. The van der Waals surface area contributed by atoms with Crippen molar-refractivity contribution in [3.63, 3.8) is 0 Å². The van der Waals surface area contributed by atoms with Crippen molar-refractivity contribution in [2.45, 2.75) is 6.18 Å². The molecule has 0 amide bonds. The van der Waals surface area contributed by atoms with Gasteiger partial charge in [-0.05, 0) is 30.3 Å². The van der Waals surface area contributed by atoms with Crippen LogP contribution >= 0.6 is 27.5 Å². The van der Waals surface area contributed by atoms with Gasteiger partial charge in [0.15, 0.2) is 11.5 Å². The molecule has 2 heterocycles. The van der Waals surface area contributed by atoms with Crippen LogP contribution in [-0.4, -0.2) is 19.8 Å². The van der Waals surface area contributed by atoms with E-state index in [0.717, 1.165) is 6.07 Å². The smallest absolute Gasteiger partial charge is 0.191 e. The van der Waals surface area contributed by atoms with Crippen LogP contribution in [0.25, 0.3) is 17.0 Å². The fourth-order valence-electron chi connectivity index (χ4n) is 1.83. The molecular weight excluding hydrogens is 373 g/mol. The summed E-state index contributed by atoms with van der Waals surface area (Å²) in [4.78, 5) is 0. The lowest BCUT2D eigenvalue weighted by atomic mass is 10.1. The highest BCUT2D eigenvalue weighted by atomic mass is 79.9. The summed E-state index contributed by atoms with van der Waals surface area (Å²) >= 11 is 8.68. The number of aromatic nitrogens is 4. The van der Waals surface area contributed by atoms with Crippen molar-refractivity contribution in [2.75, 3.05) is 0 Å². The Hall–Kier alpha value is -1.67. The Balaban J connectivity index is 2.21. The number of hydrogen-bond acceptors (Lipinski definition) is 3.